The van der Waals surface area contributed by atoms with E-state index in [1.807, 2.05) is 42.5 Å². The summed E-state index contributed by atoms with van der Waals surface area (Å²) in [6.07, 6.45) is 0. The fourth-order valence-electron chi connectivity index (χ4n) is 2.14. The Balaban J connectivity index is 1.67. The molecule has 110 valence electrons. The van der Waals surface area contributed by atoms with Crippen molar-refractivity contribution in [1.29, 1.82) is 0 Å². The van der Waals surface area contributed by atoms with Crippen LogP contribution in [0.3, 0.4) is 0 Å². The van der Waals surface area contributed by atoms with Crippen LogP contribution in [0.4, 0.5) is 4.39 Å². The molecule has 0 unspecified atom stereocenters. The fourth-order valence-corrected chi connectivity index (χ4v) is 3.09. The van der Waals surface area contributed by atoms with E-state index >= 15 is 0 Å². The van der Waals surface area contributed by atoms with Gasteiger partial charge in [-0.3, -0.25) is 4.79 Å². The highest BCUT2D eigenvalue weighted by Crippen LogP contribution is 2.27. The number of hydrogen-bond acceptors (Lipinski definition) is 2. The number of hydrogen-bond donors (Lipinski definition) is 1. The van der Waals surface area contributed by atoms with Crippen molar-refractivity contribution >= 4 is 17.2 Å². The third-order valence-corrected chi connectivity index (χ3v) is 4.40. The Kier molecular flexibility index (Phi) is 4.30. The first-order chi connectivity index (χ1) is 10.7. The van der Waals surface area contributed by atoms with Crippen LogP contribution in [0.25, 0.3) is 10.4 Å². The number of halogens is 1. The summed E-state index contributed by atoms with van der Waals surface area (Å²) < 4.78 is 13.5. The summed E-state index contributed by atoms with van der Waals surface area (Å²) in [5, 5.41) is 2.75. The van der Waals surface area contributed by atoms with E-state index in [0.717, 1.165) is 15.3 Å². The van der Waals surface area contributed by atoms with Crippen LogP contribution in [0.1, 0.15) is 15.2 Å². The molecular weight excluding hydrogens is 297 g/mol. The molecule has 2 nitrogen and oxygen atoms in total. The summed E-state index contributed by atoms with van der Waals surface area (Å²) in [5.41, 5.74) is 1.22. The van der Waals surface area contributed by atoms with Crippen molar-refractivity contribution in [2.75, 3.05) is 0 Å². The normalized spacial score (nSPS) is 10.4. The van der Waals surface area contributed by atoms with Crippen LogP contribution < -0.4 is 5.32 Å². The maximum absolute atomic E-state index is 13.5. The molecule has 0 saturated carbocycles. The third kappa shape index (κ3) is 3.23. The van der Waals surface area contributed by atoms with E-state index in [1.165, 1.54) is 12.1 Å². The minimum Gasteiger partial charge on any atom is -0.347 e. The number of benzene rings is 2. The zero-order valence-corrected chi connectivity index (χ0v) is 12.6. The van der Waals surface area contributed by atoms with E-state index in [4.69, 9.17) is 0 Å². The van der Waals surface area contributed by atoms with Gasteiger partial charge in [-0.2, -0.15) is 0 Å². The van der Waals surface area contributed by atoms with Crippen LogP contribution in [0.15, 0.2) is 66.7 Å². The minimum absolute atomic E-state index is 0.0716. The SMILES string of the molecule is O=C(NCc1ccc(-c2ccccc2)s1)c1ccccc1F. The van der Waals surface area contributed by atoms with Crippen LogP contribution >= 0.6 is 11.3 Å². The quantitative estimate of drug-likeness (QED) is 0.756. The summed E-state index contributed by atoms with van der Waals surface area (Å²) in [6, 6.07) is 20.1. The average Bonchev–Trinajstić information content (AvgIpc) is 3.03. The first-order valence-electron chi connectivity index (χ1n) is 6.91. The van der Waals surface area contributed by atoms with Crippen molar-refractivity contribution in [2.24, 2.45) is 0 Å². The summed E-state index contributed by atoms with van der Waals surface area (Å²) in [5.74, 6) is -0.899. The van der Waals surface area contributed by atoms with E-state index in [9.17, 15) is 9.18 Å². The molecule has 0 fully saturated rings. The minimum atomic E-state index is -0.504. The Morgan fingerprint density at radius 2 is 1.68 bits per heavy atom. The Bertz CT molecular complexity index is 783. The fraction of sp³-hybridized carbons (Fsp3) is 0.0556. The predicted molar refractivity (Wildman–Crippen MR) is 87.3 cm³/mol. The predicted octanol–water partition coefficient (Wildman–Crippen LogP) is 4.48. The largest absolute Gasteiger partial charge is 0.347 e. The van der Waals surface area contributed by atoms with Gasteiger partial charge in [0.1, 0.15) is 5.82 Å². The lowest BCUT2D eigenvalue weighted by atomic mass is 10.2. The van der Waals surface area contributed by atoms with E-state index in [-0.39, 0.29) is 5.56 Å². The molecule has 4 heteroatoms. The van der Waals surface area contributed by atoms with Crippen LogP contribution in [0.2, 0.25) is 0 Å². The van der Waals surface area contributed by atoms with Gasteiger partial charge in [0.2, 0.25) is 0 Å². The molecule has 2 aromatic carbocycles. The van der Waals surface area contributed by atoms with Gasteiger partial charge in [-0.25, -0.2) is 4.39 Å². The van der Waals surface area contributed by atoms with Gasteiger partial charge in [0, 0.05) is 9.75 Å². The van der Waals surface area contributed by atoms with Gasteiger partial charge in [-0.1, -0.05) is 42.5 Å². The van der Waals surface area contributed by atoms with E-state index in [0.29, 0.717) is 6.54 Å². The molecule has 0 aliphatic rings. The molecule has 22 heavy (non-hydrogen) atoms. The first-order valence-corrected chi connectivity index (χ1v) is 7.72. The smallest absolute Gasteiger partial charge is 0.254 e. The highest BCUT2D eigenvalue weighted by Gasteiger charge is 2.11. The molecule has 1 heterocycles. The first kappa shape index (κ1) is 14.5. The molecule has 0 saturated heterocycles. The van der Waals surface area contributed by atoms with Crippen molar-refractivity contribution in [3.05, 3.63) is 83.0 Å². The highest BCUT2D eigenvalue weighted by atomic mass is 32.1. The molecule has 3 rings (SSSR count). The molecule has 0 spiro atoms. The molecule has 1 amide bonds. The van der Waals surface area contributed by atoms with Crippen LogP contribution in [-0.2, 0) is 6.54 Å². The lowest BCUT2D eigenvalue weighted by Crippen LogP contribution is -2.23. The molecule has 3 aromatic rings. The Labute approximate surface area is 132 Å². The number of nitrogens with one attached hydrogen (secondary N) is 1. The topological polar surface area (TPSA) is 29.1 Å². The second-order valence-corrected chi connectivity index (χ2v) is 5.96. The molecule has 1 N–H and O–H groups in total. The number of carbonyl (C=O) groups is 1. The Hall–Kier alpha value is -2.46. The van der Waals surface area contributed by atoms with Gasteiger partial charge < -0.3 is 5.32 Å². The molecule has 0 bridgehead atoms. The van der Waals surface area contributed by atoms with Gasteiger partial charge in [0.05, 0.1) is 12.1 Å². The second kappa shape index (κ2) is 6.54. The maximum Gasteiger partial charge on any atom is 0.254 e. The number of rotatable bonds is 4. The van der Waals surface area contributed by atoms with Gasteiger partial charge in [-0.05, 0) is 29.8 Å². The third-order valence-electron chi connectivity index (χ3n) is 3.26. The second-order valence-electron chi connectivity index (χ2n) is 4.79. The van der Waals surface area contributed by atoms with Gasteiger partial charge in [-0.15, -0.1) is 11.3 Å². The maximum atomic E-state index is 13.5. The Morgan fingerprint density at radius 1 is 0.955 bits per heavy atom. The van der Waals surface area contributed by atoms with Crippen molar-refractivity contribution in [2.45, 2.75) is 6.54 Å². The molecule has 0 radical (unpaired) electrons. The number of amides is 1. The number of carbonyl (C=O) groups excluding carboxylic acids is 1. The average molecular weight is 311 g/mol. The molecule has 1 aromatic heterocycles. The van der Waals surface area contributed by atoms with Crippen molar-refractivity contribution in [3.63, 3.8) is 0 Å². The molecule has 0 atom stereocenters. The molecular formula is C18H14FNOS. The Morgan fingerprint density at radius 3 is 2.45 bits per heavy atom. The van der Waals surface area contributed by atoms with Crippen molar-refractivity contribution in [1.82, 2.24) is 5.32 Å². The number of thiophene rings is 1. The van der Waals surface area contributed by atoms with E-state index in [2.05, 4.69) is 5.32 Å². The molecule has 0 aliphatic carbocycles. The summed E-state index contributed by atoms with van der Waals surface area (Å²) in [6.45, 7) is 0.394. The van der Waals surface area contributed by atoms with Crippen molar-refractivity contribution < 1.29 is 9.18 Å². The standard InChI is InChI=1S/C18H14FNOS/c19-16-9-5-4-8-15(16)18(21)20-12-14-10-11-17(22-14)13-6-2-1-3-7-13/h1-11H,12H2,(H,20,21). The van der Waals surface area contributed by atoms with Gasteiger partial charge in [0.15, 0.2) is 0 Å². The van der Waals surface area contributed by atoms with Crippen molar-refractivity contribution in [3.8, 4) is 10.4 Å². The summed E-state index contributed by atoms with van der Waals surface area (Å²) in [4.78, 5) is 14.1. The van der Waals surface area contributed by atoms with Gasteiger partial charge >= 0.3 is 0 Å². The van der Waals surface area contributed by atoms with E-state index < -0.39 is 11.7 Å². The summed E-state index contributed by atoms with van der Waals surface area (Å²) in [7, 11) is 0. The monoisotopic (exact) mass is 311 g/mol. The zero-order valence-electron chi connectivity index (χ0n) is 11.8. The zero-order chi connectivity index (χ0) is 15.4. The van der Waals surface area contributed by atoms with Gasteiger partial charge in [0.25, 0.3) is 5.91 Å². The lowest BCUT2D eigenvalue weighted by molar-refractivity contribution is 0.0947. The summed E-state index contributed by atoms with van der Waals surface area (Å²) >= 11 is 1.62. The van der Waals surface area contributed by atoms with E-state index in [1.54, 1.807) is 23.5 Å². The highest BCUT2D eigenvalue weighted by molar-refractivity contribution is 7.15. The lowest BCUT2D eigenvalue weighted by Gasteiger charge is -2.04. The van der Waals surface area contributed by atoms with Crippen LogP contribution in [-0.4, -0.2) is 5.91 Å². The van der Waals surface area contributed by atoms with Crippen LogP contribution in [0, 0.1) is 5.82 Å². The van der Waals surface area contributed by atoms with Crippen LogP contribution in [0.5, 0.6) is 0 Å². The molecule has 0 aliphatic heterocycles.